The van der Waals surface area contributed by atoms with Crippen molar-refractivity contribution in [3.05, 3.63) is 30.3 Å². The molecule has 0 saturated heterocycles. The molecule has 1 aromatic rings. The molecule has 0 fully saturated rings. The number of benzene rings is 1. The van der Waals surface area contributed by atoms with E-state index in [-0.39, 0.29) is 0 Å². The molecule has 14 heavy (non-hydrogen) atoms. The quantitative estimate of drug-likeness (QED) is 0.481. The van der Waals surface area contributed by atoms with Crippen molar-refractivity contribution < 1.29 is 9.46 Å². The molecule has 1 atom stereocenters. The van der Waals surface area contributed by atoms with Gasteiger partial charge >= 0.3 is 0 Å². The molecule has 1 rings (SSSR count). The van der Waals surface area contributed by atoms with Crippen molar-refractivity contribution in [3.63, 3.8) is 0 Å². The summed E-state index contributed by atoms with van der Waals surface area (Å²) < 4.78 is 11.8. The van der Waals surface area contributed by atoms with Gasteiger partial charge in [-0.3, -0.25) is 4.57 Å². The second-order valence-electron chi connectivity index (χ2n) is 3.16. The molecular formula is C10H14ClO2P. The molecule has 0 amide bonds. The molecule has 0 spiro atoms. The zero-order chi connectivity index (χ0) is 10.4. The second kappa shape index (κ2) is 5.55. The molecule has 0 heterocycles. The molecule has 4 heteroatoms. The van der Waals surface area contributed by atoms with Crippen molar-refractivity contribution in [2.75, 3.05) is 12.0 Å². The average molecular weight is 233 g/mol. The van der Waals surface area contributed by atoms with Crippen molar-refractivity contribution in [1.82, 2.24) is 0 Å². The molecule has 0 aromatic heterocycles. The van der Waals surface area contributed by atoms with Gasteiger partial charge in [-0.05, 0) is 25.0 Å². The topological polar surface area (TPSA) is 37.3 Å². The van der Waals surface area contributed by atoms with E-state index in [1.807, 2.05) is 6.07 Å². The van der Waals surface area contributed by atoms with Gasteiger partial charge in [-0.25, -0.2) is 0 Å². The third-order valence-corrected chi connectivity index (χ3v) is 4.30. The lowest BCUT2D eigenvalue weighted by molar-refractivity contribution is 0.487. The molecule has 0 aliphatic carbocycles. The summed E-state index contributed by atoms with van der Waals surface area (Å²) in [5, 5.41) is 0.537. The predicted octanol–water partition coefficient (Wildman–Crippen LogP) is 2.60. The minimum Gasteiger partial charge on any atom is -0.341 e. The summed E-state index contributed by atoms with van der Waals surface area (Å²) >= 11 is 5.51. The molecule has 0 radical (unpaired) electrons. The van der Waals surface area contributed by atoms with Crippen LogP contribution in [0.15, 0.2) is 30.3 Å². The van der Waals surface area contributed by atoms with Crippen LogP contribution in [0.4, 0.5) is 0 Å². The van der Waals surface area contributed by atoms with Gasteiger partial charge in [0.15, 0.2) is 0 Å². The summed E-state index contributed by atoms with van der Waals surface area (Å²) in [6, 6.07) is 8.78. The van der Waals surface area contributed by atoms with Gasteiger partial charge in [0.1, 0.15) is 0 Å². The molecule has 1 N–H and O–H groups in total. The van der Waals surface area contributed by atoms with E-state index in [9.17, 15) is 9.46 Å². The number of alkyl halides is 1. The summed E-state index contributed by atoms with van der Waals surface area (Å²) in [6.07, 6.45) is 1.81. The Morgan fingerprint density at radius 3 is 2.43 bits per heavy atom. The van der Waals surface area contributed by atoms with E-state index in [0.29, 0.717) is 23.8 Å². The fraction of sp³-hybridized carbons (Fsp3) is 0.400. The first-order valence-electron chi connectivity index (χ1n) is 4.60. The monoisotopic (exact) mass is 232 g/mol. The lowest BCUT2D eigenvalue weighted by Gasteiger charge is -2.10. The largest absolute Gasteiger partial charge is 0.341 e. The van der Waals surface area contributed by atoms with E-state index < -0.39 is 7.37 Å². The molecule has 0 bridgehead atoms. The smallest absolute Gasteiger partial charge is 0.229 e. The summed E-state index contributed by atoms with van der Waals surface area (Å²) in [6.45, 7) is 0. The van der Waals surface area contributed by atoms with Crippen LogP contribution in [0.5, 0.6) is 0 Å². The van der Waals surface area contributed by atoms with Gasteiger partial charge < -0.3 is 4.89 Å². The highest BCUT2D eigenvalue weighted by Crippen LogP contribution is 2.39. The van der Waals surface area contributed by atoms with Crippen LogP contribution in [0.25, 0.3) is 0 Å². The molecule has 0 aliphatic heterocycles. The van der Waals surface area contributed by atoms with Gasteiger partial charge in [-0.15, -0.1) is 11.6 Å². The summed E-state index contributed by atoms with van der Waals surface area (Å²) in [5.74, 6) is 0.550. The van der Waals surface area contributed by atoms with Gasteiger partial charge in [0.05, 0.1) is 0 Å². The first-order valence-corrected chi connectivity index (χ1v) is 6.98. The Bertz CT molecular complexity index is 313. The van der Waals surface area contributed by atoms with E-state index in [0.717, 1.165) is 6.42 Å². The SMILES string of the molecule is O=P(O)(CCCCCl)c1ccccc1. The number of unbranched alkanes of at least 4 members (excludes halogenated alkanes) is 1. The van der Waals surface area contributed by atoms with Gasteiger partial charge in [-0.1, -0.05) is 18.2 Å². The Morgan fingerprint density at radius 1 is 1.21 bits per heavy atom. The second-order valence-corrected chi connectivity index (χ2v) is 5.90. The highest BCUT2D eigenvalue weighted by atomic mass is 35.5. The zero-order valence-electron chi connectivity index (χ0n) is 7.90. The molecule has 0 saturated carbocycles. The first-order chi connectivity index (χ1) is 6.67. The maximum Gasteiger partial charge on any atom is 0.229 e. The Morgan fingerprint density at radius 2 is 1.86 bits per heavy atom. The van der Waals surface area contributed by atoms with Crippen LogP contribution in [0, 0.1) is 0 Å². The molecule has 2 nitrogen and oxygen atoms in total. The van der Waals surface area contributed by atoms with E-state index >= 15 is 0 Å². The minimum atomic E-state index is -3.13. The van der Waals surface area contributed by atoms with Crippen LogP contribution in [0.2, 0.25) is 0 Å². The summed E-state index contributed by atoms with van der Waals surface area (Å²) in [7, 11) is -3.13. The number of halogens is 1. The normalized spacial score (nSPS) is 15.0. The number of hydrogen-bond donors (Lipinski definition) is 1. The standard InChI is InChI=1S/C10H14ClO2P/c11-8-4-5-9-14(12,13)10-6-2-1-3-7-10/h1-3,6-7H,4-5,8-9H2,(H,12,13). The molecule has 78 valence electrons. The van der Waals surface area contributed by atoms with Crippen LogP contribution >= 0.6 is 19.0 Å². The lowest BCUT2D eigenvalue weighted by atomic mass is 10.4. The lowest BCUT2D eigenvalue weighted by Crippen LogP contribution is -2.06. The summed E-state index contributed by atoms with van der Waals surface area (Å²) in [4.78, 5) is 9.72. The first kappa shape index (κ1) is 11.8. The Labute approximate surface area is 89.4 Å². The van der Waals surface area contributed by atoms with E-state index in [1.165, 1.54) is 0 Å². The molecule has 1 unspecified atom stereocenters. The number of rotatable bonds is 5. The Balaban J connectivity index is 2.62. The highest BCUT2D eigenvalue weighted by Gasteiger charge is 2.19. The molecule has 1 aromatic carbocycles. The van der Waals surface area contributed by atoms with E-state index in [4.69, 9.17) is 11.6 Å². The average Bonchev–Trinajstić information content (AvgIpc) is 2.19. The number of hydrogen-bond acceptors (Lipinski definition) is 1. The van der Waals surface area contributed by atoms with Crippen molar-refractivity contribution in [1.29, 1.82) is 0 Å². The van der Waals surface area contributed by atoms with Crippen LogP contribution in [0.1, 0.15) is 12.8 Å². The van der Waals surface area contributed by atoms with Crippen molar-refractivity contribution in [3.8, 4) is 0 Å². The Kier molecular flexibility index (Phi) is 4.67. The van der Waals surface area contributed by atoms with Gasteiger partial charge in [0.25, 0.3) is 0 Å². The van der Waals surface area contributed by atoms with Gasteiger partial charge in [0.2, 0.25) is 7.37 Å². The molecular weight excluding hydrogens is 219 g/mol. The summed E-state index contributed by atoms with van der Waals surface area (Å²) in [5.41, 5.74) is 0. The fourth-order valence-corrected chi connectivity index (χ4v) is 2.95. The van der Waals surface area contributed by atoms with Crippen molar-refractivity contribution >= 4 is 24.3 Å². The zero-order valence-corrected chi connectivity index (χ0v) is 9.55. The van der Waals surface area contributed by atoms with Crippen LogP contribution in [-0.4, -0.2) is 16.9 Å². The van der Waals surface area contributed by atoms with Gasteiger partial charge in [-0.2, -0.15) is 0 Å². The van der Waals surface area contributed by atoms with E-state index in [1.54, 1.807) is 24.3 Å². The predicted molar refractivity (Wildman–Crippen MR) is 60.7 cm³/mol. The highest BCUT2D eigenvalue weighted by molar-refractivity contribution is 7.66. The van der Waals surface area contributed by atoms with Crippen LogP contribution in [0.3, 0.4) is 0 Å². The maximum absolute atomic E-state index is 11.8. The van der Waals surface area contributed by atoms with Crippen LogP contribution in [-0.2, 0) is 4.57 Å². The van der Waals surface area contributed by atoms with Crippen LogP contribution < -0.4 is 5.30 Å². The fourth-order valence-electron chi connectivity index (χ4n) is 1.21. The molecule has 0 aliphatic rings. The maximum atomic E-state index is 11.8. The van der Waals surface area contributed by atoms with Crippen molar-refractivity contribution in [2.24, 2.45) is 0 Å². The van der Waals surface area contributed by atoms with E-state index in [2.05, 4.69) is 0 Å². The third kappa shape index (κ3) is 3.45. The third-order valence-electron chi connectivity index (χ3n) is 2.00. The van der Waals surface area contributed by atoms with Crippen molar-refractivity contribution in [2.45, 2.75) is 12.8 Å². The minimum absolute atomic E-state index is 0.323. The van der Waals surface area contributed by atoms with Gasteiger partial charge in [0, 0.05) is 17.3 Å². The Hall–Kier alpha value is -0.300.